The maximum atomic E-state index is 12.5. The maximum Gasteiger partial charge on any atom is 0.326 e. The van der Waals surface area contributed by atoms with Gasteiger partial charge < -0.3 is 26.2 Å². The summed E-state index contributed by atoms with van der Waals surface area (Å²) in [7, 11) is 0. The Morgan fingerprint density at radius 1 is 1.25 bits per heavy atom. The highest BCUT2D eigenvalue weighted by Gasteiger charge is 2.38. The summed E-state index contributed by atoms with van der Waals surface area (Å²) in [4.78, 5) is 47.9. The number of carboxylic acids is 2. The predicted molar refractivity (Wildman–Crippen MR) is 84.0 cm³/mol. The molecule has 0 aromatic rings. The van der Waals surface area contributed by atoms with Crippen molar-refractivity contribution in [2.24, 2.45) is 11.7 Å². The number of nitrogens with two attached hydrogens (primary N) is 1. The molecule has 0 aromatic heterocycles. The van der Waals surface area contributed by atoms with Crippen LogP contribution in [0, 0.1) is 5.92 Å². The number of aliphatic carboxylic acids is 2. The fourth-order valence-electron chi connectivity index (χ4n) is 2.76. The number of nitrogens with zero attached hydrogens (tertiary/aromatic N) is 1. The monoisotopic (exact) mass is 343 g/mol. The molecule has 1 fully saturated rings. The summed E-state index contributed by atoms with van der Waals surface area (Å²) in [5, 5.41) is 20.5. The summed E-state index contributed by atoms with van der Waals surface area (Å²) in [6.45, 7) is 3.99. The fourth-order valence-corrected chi connectivity index (χ4v) is 2.76. The Morgan fingerprint density at radius 2 is 1.88 bits per heavy atom. The van der Waals surface area contributed by atoms with Crippen molar-refractivity contribution in [1.82, 2.24) is 10.2 Å². The first-order chi connectivity index (χ1) is 11.1. The summed E-state index contributed by atoms with van der Waals surface area (Å²) in [6.07, 6.45) is 0.591. The Balaban J connectivity index is 2.84. The Bertz CT molecular complexity index is 507. The lowest BCUT2D eigenvalue weighted by Crippen LogP contribution is -2.55. The summed E-state index contributed by atoms with van der Waals surface area (Å²) < 4.78 is 0. The van der Waals surface area contributed by atoms with Crippen molar-refractivity contribution in [2.45, 2.75) is 57.7 Å². The minimum absolute atomic E-state index is 0.161. The summed E-state index contributed by atoms with van der Waals surface area (Å²) >= 11 is 0. The van der Waals surface area contributed by atoms with Crippen LogP contribution in [0.2, 0.25) is 0 Å². The van der Waals surface area contributed by atoms with Gasteiger partial charge >= 0.3 is 11.9 Å². The van der Waals surface area contributed by atoms with Crippen molar-refractivity contribution < 1.29 is 29.4 Å². The SMILES string of the molecule is CC(C)C[C@H](N)C(=O)N[C@@H](CC(=O)O)C(=O)N1CCC[C@@H]1C(=O)O. The van der Waals surface area contributed by atoms with E-state index in [9.17, 15) is 19.2 Å². The lowest BCUT2D eigenvalue weighted by molar-refractivity contribution is -0.150. The molecular weight excluding hydrogens is 318 g/mol. The Morgan fingerprint density at radius 3 is 2.38 bits per heavy atom. The molecule has 136 valence electrons. The number of carbonyl (C=O) groups excluding carboxylic acids is 2. The second kappa shape index (κ2) is 8.62. The molecule has 0 saturated carbocycles. The zero-order valence-electron chi connectivity index (χ0n) is 13.9. The van der Waals surface area contributed by atoms with Gasteiger partial charge in [-0.25, -0.2) is 4.79 Å². The average Bonchev–Trinajstić information content (AvgIpc) is 2.93. The Kier molecular flexibility index (Phi) is 7.15. The lowest BCUT2D eigenvalue weighted by Gasteiger charge is -2.27. The normalized spacial score (nSPS) is 19.8. The largest absolute Gasteiger partial charge is 0.481 e. The van der Waals surface area contributed by atoms with Crippen molar-refractivity contribution >= 4 is 23.8 Å². The van der Waals surface area contributed by atoms with Crippen LogP contribution >= 0.6 is 0 Å². The number of hydrogen-bond donors (Lipinski definition) is 4. The minimum Gasteiger partial charge on any atom is -0.481 e. The third-order valence-electron chi connectivity index (χ3n) is 3.88. The van der Waals surface area contributed by atoms with Crippen LogP contribution in [0.4, 0.5) is 0 Å². The van der Waals surface area contributed by atoms with Gasteiger partial charge in [-0.3, -0.25) is 14.4 Å². The molecule has 1 aliphatic heterocycles. The van der Waals surface area contributed by atoms with E-state index in [1.165, 1.54) is 0 Å². The molecule has 3 atom stereocenters. The van der Waals surface area contributed by atoms with E-state index in [-0.39, 0.29) is 12.5 Å². The molecule has 1 saturated heterocycles. The Hall–Kier alpha value is -2.16. The average molecular weight is 343 g/mol. The van der Waals surface area contributed by atoms with Crippen LogP contribution in [0.1, 0.15) is 39.5 Å². The van der Waals surface area contributed by atoms with Gasteiger partial charge in [0, 0.05) is 6.54 Å². The number of hydrogen-bond acceptors (Lipinski definition) is 5. The summed E-state index contributed by atoms with van der Waals surface area (Å²) in [5.74, 6) is -3.56. The molecule has 1 rings (SSSR count). The van der Waals surface area contributed by atoms with Crippen LogP contribution < -0.4 is 11.1 Å². The zero-order valence-corrected chi connectivity index (χ0v) is 13.9. The minimum atomic E-state index is -1.33. The maximum absolute atomic E-state index is 12.5. The standard InChI is InChI=1S/C15H25N3O6/c1-8(2)6-9(16)13(21)17-10(7-12(19)20)14(22)18-5-3-4-11(18)15(23)24/h8-11H,3-7,16H2,1-2H3,(H,17,21)(H,19,20)(H,23,24)/t9-,10-,11+/m0/s1. The summed E-state index contributed by atoms with van der Waals surface area (Å²) in [5.41, 5.74) is 5.75. The predicted octanol–water partition coefficient (Wildman–Crippen LogP) is -0.605. The highest BCUT2D eigenvalue weighted by Crippen LogP contribution is 2.19. The summed E-state index contributed by atoms with van der Waals surface area (Å²) in [6, 6.07) is -3.17. The molecule has 1 heterocycles. The number of carbonyl (C=O) groups is 4. The van der Waals surface area contributed by atoms with E-state index in [1.54, 1.807) is 0 Å². The first kappa shape index (κ1) is 19.9. The lowest BCUT2D eigenvalue weighted by atomic mass is 10.0. The fraction of sp³-hybridized carbons (Fsp3) is 0.733. The van der Waals surface area contributed by atoms with Crippen molar-refractivity contribution in [3.8, 4) is 0 Å². The zero-order chi connectivity index (χ0) is 18.4. The number of nitrogens with one attached hydrogen (secondary N) is 1. The van der Waals surface area contributed by atoms with Gasteiger partial charge in [0.1, 0.15) is 12.1 Å². The second-order valence-electron chi connectivity index (χ2n) is 6.42. The van der Waals surface area contributed by atoms with Crippen LogP contribution in [0.15, 0.2) is 0 Å². The number of carboxylic acid groups (broad SMARTS) is 2. The molecule has 0 spiro atoms. The van der Waals surface area contributed by atoms with Crippen molar-refractivity contribution in [3.05, 3.63) is 0 Å². The van der Waals surface area contributed by atoms with E-state index in [4.69, 9.17) is 15.9 Å². The Labute approximate surface area is 140 Å². The van der Waals surface area contributed by atoms with Crippen LogP contribution in [0.25, 0.3) is 0 Å². The molecule has 9 heteroatoms. The third kappa shape index (κ3) is 5.48. The first-order valence-electron chi connectivity index (χ1n) is 7.94. The molecule has 0 bridgehead atoms. The van der Waals surface area contributed by atoms with Gasteiger partial charge in [0.25, 0.3) is 0 Å². The highest BCUT2D eigenvalue weighted by atomic mass is 16.4. The van der Waals surface area contributed by atoms with Gasteiger partial charge in [0.15, 0.2) is 0 Å². The van der Waals surface area contributed by atoms with Crippen molar-refractivity contribution in [2.75, 3.05) is 6.54 Å². The van der Waals surface area contributed by atoms with Gasteiger partial charge in [0.2, 0.25) is 11.8 Å². The number of likely N-dealkylation sites (tertiary alicyclic amines) is 1. The molecule has 0 unspecified atom stereocenters. The van der Waals surface area contributed by atoms with E-state index >= 15 is 0 Å². The van der Waals surface area contributed by atoms with Crippen LogP contribution in [0.5, 0.6) is 0 Å². The second-order valence-corrected chi connectivity index (χ2v) is 6.42. The van der Waals surface area contributed by atoms with E-state index in [0.717, 1.165) is 4.90 Å². The molecule has 0 aliphatic carbocycles. The molecule has 0 aromatic carbocycles. The highest BCUT2D eigenvalue weighted by molar-refractivity contribution is 5.94. The third-order valence-corrected chi connectivity index (χ3v) is 3.88. The first-order valence-corrected chi connectivity index (χ1v) is 7.94. The van der Waals surface area contributed by atoms with Gasteiger partial charge in [-0.2, -0.15) is 0 Å². The van der Waals surface area contributed by atoms with Crippen LogP contribution in [-0.4, -0.2) is 63.5 Å². The van der Waals surface area contributed by atoms with Crippen molar-refractivity contribution in [3.63, 3.8) is 0 Å². The molecule has 9 nitrogen and oxygen atoms in total. The van der Waals surface area contributed by atoms with Gasteiger partial charge in [0.05, 0.1) is 12.5 Å². The van der Waals surface area contributed by atoms with Crippen LogP contribution in [-0.2, 0) is 19.2 Å². The smallest absolute Gasteiger partial charge is 0.326 e. The molecule has 1 aliphatic rings. The quantitative estimate of drug-likeness (QED) is 0.459. The van der Waals surface area contributed by atoms with E-state index in [2.05, 4.69) is 5.32 Å². The van der Waals surface area contributed by atoms with Gasteiger partial charge in [-0.05, 0) is 25.2 Å². The number of rotatable bonds is 8. The van der Waals surface area contributed by atoms with Gasteiger partial charge in [-0.1, -0.05) is 13.8 Å². The van der Waals surface area contributed by atoms with E-state index in [0.29, 0.717) is 19.3 Å². The van der Waals surface area contributed by atoms with Crippen LogP contribution in [0.3, 0.4) is 0 Å². The number of amides is 2. The molecule has 2 amide bonds. The van der Waals surface area contributed by atoms with E-state index in [1.807, 2.05) is 13.8 Å². The van der Waals surface area contributed by atoms with Gasteiger partial charge in [-0.15, -0.1) is 0 Å². The molecule has 0 radical (unpaired) electrons. The molecule has 5 N–H and O–H groups in total. The van der Waals surface area contributed by atoms with Crippen molar-refractivity contribution in [1.29, 1.82) is 0 Å². The molecular formula is C15H25N3O6. The van der Waals surface area contributed by atoms with E-state index < -0.39 is 48.3 Å². The molecule has 24 heavy (non-hydrogen) atoms. The topological polar surface area (TPSA) is 150 Å².